The van der Waals surface area contributed by atoms with Gasteiger partial charge in [-0.15, -0.1) is 0 Å². The number of allylic oxidation sites excluding steroid dienone is 1. The second-order valence-electron chi connectivity index (χ2n) is 5.26. The van der Waals surface area contributed by atoms with Gasteiger partial charge in [-0.25, -0.2) is 0 Å². The number of benzene rings is 2. The molecule has 2 heteroatoms. The summed E-state index contributed by atoms with van der Waals surface area (Å²) in [5, 5.41) is 0. The van der Waals surface area contributed by atoms with E-state index in [2.05, 4.69) is 54.1 Å². The predicted octanol–water partition coefficient (Wildman–Crippen LogP) is 4.78. The molecule has 1 nitrogen and oxygen atoms in total. The molecule has 0 saturated heterocycles. The van der Waals surface area contributed by atoms with Crippen molar-refractivity contribution in [2.24, 2.45) is 0 Å². The lowest BCUT2D eigenvalue weighted by molar-refractivity contribution is 1.38. The lowest BCUT2D eigenvalue weighted by Crippen LogP contribution is -1.92. The standard InChI is InChI=1S/C17H15NS/c1-11-2-4-12(5-3-11)14-8-9-15-16(10-14)19-18-17(15)13-6-7-13/h2-5,8-10,18H,6-7H2,1H3. The van der Waals surface area contributed by atoms with Crippen molar-refractivity contribution in [2.75, 3.05) is 0 Å². The van der Waals surface area contributed by atoms with Crippen LogP contribution in [0.5, 0.6) is 0 Å². The van der Waals surface area contributed by atoms with Gasteiger partial charge in [-0.2, -0.15) is 0 Å². The van der Waals surface area contributed by atoms with Gasteiger partial charge >= 0.3 is 0 Å². The summed E-state index contributed by atoms with van der Waals surface area (Å²) in [7, 11) is 0. The first kappa shape index (κ1) is 11.2. The lowest BCUT2D eigenvalue weighted by Gasteiger charge is -2.05. The second-order valence-corrected chi connectivity index (χ2v) is 6.11. The smallest absolute Gasteiger partial charge is 0.0520 e. The minimum absolute atomic E-state index is 1.27. The van der Waals surface area contributed by atoms with Crippen molar-refractivity contribution in [3.05, 3.63) is 59.2 Å². The number of nitrogens with one attached hydrogen (secondary N) is 1. The molecular weight excluding hydrogens is 250 g/mol. The highest BCUT2D eigenvalue weighted by Crippen LogP contribution is 2.44. The van der Waals surface area contributed by atoms with Crippen LogP contribution in [0.3, 0.4) is 0 Å². The molecule has 94 valence electrons. The van der Waals surface area contributed by atoms with E-state index in [1.165, 1.54) is 45.7 Å². The topological polar surface area (TPSA) is 12.0 Å². The zero-order valence-corrected chi connectivity index (χ0v) is 11.7. The summed E-state index contributed by atoms with van der Waals surface area (Å²) < 4.78 is 3.47. The molecule has 1 fully saturated rings. The van der Waals surface area contributed by atoms with Gasteiger partial charge in [0.25, 0.3) is 0 Å². The van der Waals surface area contributed by atoms with Crippen LogP contribution in [0.4, 0.5) is 0 Å². The largest absolute Gasteiger partial charge is 0.325 e. The molecular formula is C17H15NS. The molecule has 1 heterocycles. The molecule has 1 aliphatic carbocycles. The molecule has 0 aromatic heterocycles. The summed E-state index contributed by atoms with van der Waals surface area (Å²) in [5.74, 6) is 0. The fourth-order valence-corrected chi connectivity index (χ4v) is 3.41. The van der Waals surface area contributed by atoms with E-state index in [9.17, 15) is 0 Å². The highest BCUT2D eigenvalue weighted by Gasteiger charge is 2.25. The van der Waals surface area contributed by atoms with Crippen LogP contribution in [0, 0.1) is 6.92 Å². The Hall–Kier alpha value is -1.67. The Morgan fingerprint density at radius 1 is 0.947 bits per heavy atom. The fourth-order valence-electron chi connectivity index (χ4n) is 2.47. The molecule has 0 bridgehead atoms. The van der Waals surface area contributed by atoms with Crippen LogP contribution in [-0.2, 0) is 0 Å². The molecule has 19 heavy (non-hydrogen) atoms. The van der Waals surface area contributed by atoms with Gasteiger partial charge in [0.15, 0.2) is 0 Å². The second kappa shape index (κ2) is 4.17. The summed E-state index contributed by atoms with van der Waals surface area (Å²) in [5.41, 5.74) is 8.23. The first-order valence-corrected chi connectivity index (χ1v) is 7.49. The van der Waals surface area contributed by atoms with Gasteiger partial charge in [0.2, 0.25) is 0 Å². The molecule has 0 radical (unpaired) electrons. The van der Waals surface area contributed by atoms with Crippen molar-refractivity contribution >= 4 is 17.6 Å². The normalized spacial score (nSPS) is 16.3. The highest BCUT2D eigenvalue weighted by molar-refractivity contribution is 7.98. The quantitative estimate of drug-likeness (QED) is 0.745. The van der Waals surface area contributed by atoms with Crippen LogP contribution in [-0.4, -0.2) is 0 Å². The summed E-state index contributed by atoms with van der Waals surface area (Å²) in [6, 6.07) is 15.5. The molecule has 1 N–H and O–H groups in total. The molecule has 0 amide bonds. The Morgan fingerprint density at radius 3 is 2.42 bits per heavy atom. The molecule has 2 aliphatic rings. The van der Waals surface area contributed by atoms with E-state index in [0.717, 1.165) is 0 Å². The van der Waals surface area contributed by atoms with E-state index in [1.54, 1.807) is 17.5 Å². The maximum absolute atomic E-state index is 3.47. The van der Waals surface area contributed by atoms with Gasteiger partial charge in [0, 0.05) is 10.5 Å². The van der Waals surface area contributed by atoms with Crippen LogP contribution in [0.15, 0.2) is 52.9 Å². The van der Waals surface area contributed by atoms with Gasteiger partial charge in [0.1, 0.15) is 0 Å². The molecule has 2 aromatic rings. The van der Waals surface area contributed by atoms with Crippen LogP contribution in [0.2, 0.25) is 0 Å². The van der Waals surface area contributed by atoms with Crippen molar-refractivity contribution in [3.8, 4) is 11.1 Å². The van der Waals surface area contributed by atoms with E-state index in [-0.39, 0.29) is 0 Å². The summed E-state index contributed by atoms with van der Waals surface area (Å²) in [6.07, 6.45) is 2.53. The van der Waals surface area contributed by atoms with Gasteiger partial charge in [-0.05, 0) is 54.5 Å². The summed E-state index contributed by atoms with van der Waals surface area (Å²) in [6.45, 7) is 2.13. The van der Waals surface area contributed by atoms with Crippen LogP contribution in [0.25, 0.3) is 16.8 Å². The first-order valence-electron chi connectivity index (χ1n) is 6.67. The first-order chi connectivity index (χ1) is 9.31. The Labute approximate surface area is 117 Å². The summed E-state index contributed by atoms with van der Waals surface area (Å²) >= 11 is 1.75. The van der Waals surface area contributed by atoms with Crippen molar-refractivity contribution < 1.29 is 0 Å². The van der Waals surface area contributed by atoms with Crippen LogP contribution < -0.4 is 4.72 Å². The third kappa shape index (κ3) is 1.96. The van der Waals surface area contributed by atoms with Crippen molar-refractivity contribution in [3.63, 3.8) is 0 Å². The van der Waals surface area contributed by atoms with Crippen LogP contribution >= 0.6 is 11.9 Å². The molecule has 0 spiro atoms. The van der Waals surface area contributed by atoms with Gasteiger partial charge in [-0.1, -0.05) is 42.0 Å². The van der Waals surface area contributed by atoms with Gasteiger partial charge in [0.05, 0.1) is 5.70 Å². The van der Waals surface area contributed by atoms with E-state index in [0.29, 0.717) is 0 Å². The average Bonchev–Trinajstić information content (AvgIpc) is 3.19. The minimum atomic E-state index is 1.27. The van der Waals surface area contributed by atoms with E-state index < -0.39 is 0 Å². The number of hydrogen-bond acceptors (Lipinski definition) is 2. The van der Waals surface area contributed by atoms with E-state index >= 15 is 0 Å². The Bertz CT molecular complexity index is 677. The Morgan fingerprint density at radius 2 is 1.68 bits per heavy atom. The third-order valence-electron chi connectivity index (χ3n) is 3.75. The van der Waals surface area contributed by atoms with Crippen LogP contribution in [0.1, 0.15) is 24.0 Å². The molecule has 1 aliphatic heterocycles. The monoisotopic (exact) mass is 265 g/mol. The third-order valence-corrected chi connectivity index (χ3v) is 4.62. The lowest BCUT2D eigenvalue weighted by atomic mass is 10.0. The summed E-state index contributed by atoms with van der Waals surface area (Å²) in [4.78, 5) is 1.35. The maximum atomic E-state index is 3.47. The molecule has 4 rings (SSSR count). The zero-order valence-electron chi connectivity index (χ0n) is 10.9. The van der Waals surface area contributed by atoms with Crippen molar-refractivity contribution in [2.45, 2.75) is 24.7 Å². The number of aryl methyl sites for hydroxylation is 1. The number of rotatable bonds is 1. The molecule has 2 aromatic carbocycles. The molecule has 0 atom stereocenters. The Balaban J connectivity index is 1.77. The average molecular weight is 265 g/mol. The highest BCUT2D eigenvalue weighted by atomic mass is 32.2. The van der Waals surface area contributed by atoms with E-state index in [1.807, 2.05) is 0 Å². The minimum Gasteiger partial charge on any atom is -0.325 e. The zero-order chi connectivity index (χ0) is 12.8. The van der Waals surface area contributed by atoms with Crippen molar-refractivity contribution in [1.29, 1.82) is 0 Å². The molecule has 1 saturated carbocycles. The molecule has 0 unspecified atom stereocenters. The fraction of sp³-hybridized carbons (Fsp3) is 0.176. The van der Waals surface area contributed by atoms with Crippen molar-refractivity contribution in [1.82, 2.24) is 4.72 Å². The van der Waals surface area contributed by atoms with Gasteiger partial charge in [-0.3, -0.25) is 0 Å². The number of hydrogen-bond donors (Lipinski definition) is 1. The predicted molar refractivity (Wildman–Crippen MR) is 81.8 cm³/mol. The Kier molecular flexibility index (Phi) is 2.46. The number of fused-ring (bicyclic) bond motifs is 1. The van der Waals surface area contributed by atoms with Gasteiger partial charge < -0.3 is 4.72 Å². The maximum Gasteiger partial charge on any atom is 0.0520 e. The van der Waals surface area contributed by atoms with E-state index in [4.69, 9.17) is 0 Å². The SMILES string of the molecule is Cc1ccc(-c2ccc3c(c2)SNC3=C2CC2)cc1.